The predicted molar refractivity (Wildman–Crippen MR) is 188 cm³/mol. The zero-order valence-corrected chi connectivity index (χ0v) is 26.8. The van der Waals surface area contributed by atoms with Gasteiger partial charge in [0, 0.05) is 29.4 Å². The molecule has 2 heterocycles. The highest BCUT2D eigenvalue weighted by Crippen LogP contribution is 2.43. The Morgan fingerprint density at radius 3 is 2.44 bits per heavy atom. The van der Waals surface area contributed by atoms with Gasteiger partial charge in [-0.05, 0) is 55.1 Å². The van der Waals surface area contributed by atoms with Crippen LogP contribution in [0, 0.1) is 5.82 Å². The van der Waals surface area contributed by atoms with Crippen LogP contribution in [0.2, 0.25) is 0 Å². The Labute approximate surface area is 278 Å². The van der Waals surface area contributed by atoms with Gasteiger partial charge in [0.1, 0.15) is 23.7 Å². The summed E-state index contributed by atoms with van der Waals surface area (Å²) in [7, 11) is 3.89. The van der Waals surface area contributed by atoms with Crippen LogP contribution in [0.1, 0.15) is 17.2 Å². The molecule has 0 unspecified atom stereocenters. The maximum atomic E-state index is 13.8. The molecule has 0 aliphatic carbocycles. The van der Waals surface area contributed by atoms with Crippen molar-refractivity contribution in [3.05, 3.63) is 145 Å². The second-order valence-electron chi connectivity index (χ2n) is 11.6. The number of rotatable bonds is 13. The molecule has 0 spiro atoms. The minimum atomic E-state index is -0.305. The number of aromatic nitrogens is 2. The van der Waals surface area contributed by atoms with E-state index in [1.54, 1.807) is 6.07 Å². The molecule has 0 aliphatic heterocycles. The van der Waals surface area contributed by atoms with E-state index < -0.39 is 0 Å². The molecule has 8 nitrogen and oxygen atoms in total. The number of amides is 1. The number of nitrogens with zero attached hydrogens (tertiary/aromatic N) is 3. The van der Waals surface area contributed by atoms with Gasteiger partial charge in [-0.2, -0.15) is 0 Å². The molecule has 4 aromatic carbocycles. The lowest BCUT2D eigenvalue weighted by atomic mass is 9.98. The number of nitrogens with one attached hydrogen (secondary N) is 2. The molecule has 1 atom stereocenters. The van der Waals surface area contributed by atoms with Gasteiger partial charge >= 0.3 is 0 Å². The van der Waals surface area contributed by atoms with Gasteiger partial charge in [-0.15, -0.1) is 0 Å². The fraction of sp³-hybridized carbons (Fsp3) is 0.154. The zero-order chi connectivity index (χ0) is 33.3. The van der Waals surface area contributed by atoms with Crippen molar-refractivity contribution in [1.29, 1.82) is 0 Å². The number of carbonyl (C=O) groups excluding carboxylic acids is 1. The Hall–Kier alpha value is -5.64. The molecule has 6 rings (SSSR count). The molecule has 6 aromatic rings. The van der Waals surface area contributed by atoms with Gasteiger partial charge in [-0.3, -0.25) is 4.79 Å². The second kappa shape index (κ2) is 15.3. The lowest BCUT2D eigenvalue weighted by Crippen LogP contribution is -2.18. The van der Waals surface area contributed by atoms with Gasteiger partial charge < -0.3 is 24.7 Å². The normalized spacial score (nSPS) is 12.1. The Kier molecular flexibility index (Phi) is 10.3. The van der Waals surface area contributed by atoms with Gasteiger partial charge in [0.15, 0.2) is 0 Å². The van der Waals surface area contributed by atoms with E-state index in [1.165, 1.54) is 24.5 Å². The molecule has 9 heteroatoms. The van der Waals surface area contributed by atoms with E-state index in [4.69, 9.17) is 14.1 Å². The molecule has 0 radical (unpaired) electrons. The van der Waals surface area contributed by atoms with Crippen LogP contribution in [0.15, 0.2) is 132 Å². The van der Waals surface area contributed by atoms with Crippen LogP contribution in [-0.4, -0.2) is 48.0 Å². The topological polar surface area (TPSA) is 92.5 Å². The van der Waals surface area contributed by atoms with Crippen LogP contribution in [0.3, 0.4) is 0 Å². The number of furan rings is 1. The third kappa shape index (κ3) is 8.01. The number of hydrogen-bond donors (Lipinski definition) is 2. The molecule has 0 saturated heterocycles. The molecule has 2 aromatic heterocycles. The van der Waals surface area contributed by atoms with Crippen molar-refractivity contribution in [3.8, 4) is 22.5 Å². The van der Waals surface area contributed by atoms with E-state index in [1.807, 2.05) is 116 Å². The molecule has 1 amide bonds. The van der Waals surface area contributed by atoms with Gasteiger partial charge in [0.2, 0.25) is 11.6 Å². The fourth-order valence-corrected chi connectivity index (χ4v) is 5.41. The maximum Gasteiger partial charge on any atom is 0.248 e. The standard InChI is InChI=1S/C39H36FN5O3/c1-45(2)21-11-20-34(46)43-32-19-10-17-30(23-32)35-36-38(41-26-42-39(36)48-37(35)29-15-7-4-8-16-29)44-33(28-13-5-3-6-14-28)25-47-24-27-12-9-18-31(40)22-27/h3-20,22-23,26,33H,21,24-25H2,1-2H3,(H,43,46)(H,41,42,44)/t33-/m1/s1. The smallest absolute Gasteiger partial charge is 0.248 e. The van der Waals surface area contributed by atoms with E-state index >= 15 is 0 Å². The average molecular weight is 642 g/mol. The molecule has 0 saturated carbocycles. The third-order valence-electron chi connectivity index (χ3n) is 7.64. The van der Waals surface area contributed by atoms with Crippen molar-refractivity contribution < 1.29 is 18.3 Å². The van der Waals surface area contributed by atoms with Gasteiger partial charge in [-0.25, -0.2) is 14.4 Å². The number of likely N-dealkylation sites (N-methyl/N-ethyl adjacent to an activating group) is 1. The van der Waals surface area contributed by atoms with E-state index in [-0.39, 0.29) is 31.0 Å². The van der Waals surface area contributed by atoms with E-state index in [0.717, 1.165) is 27.8 Å². The van der Waals surface area contributed by atoms with E-state index in [9.17, 15) is 9.18 Å². The molecule has 242 valence electrons. The number of benzene rings is 4. The van der Waals surface area contributed by atoms with Crippen molar-refractivity contribution in [1.82, 2.24) is 14.9 Å². The molecule has 0 bridgehead atoms. The van der Waals surface area contributed by atoms with Crippen LogP contribution >= 0.6 is 0 Å². The molecule has 0 aliphatic rings. The monoisotopic (exact) mass is 641 g/mol. The third-order valence-corrected chi connectivity index (χ3v) is 7.64. The lowest BCUT2D eigenvalue weighted by Gasteiger charge is -2.21. The van der Waals surface area contributed by atoms with Crippen molar-refractivity contribution in [3.63, 3.8) is 0 Å². The summed E-state index contributed by atoms with van der Waals surface area (Å²) < 4.78 is 26.4. The van der Waals surface area contributed by atoms with Gasteiger partial charge in [0.25, 0.3) is 0 Å². The SMILES string of the molecule is CN(C)CC=CC(=O)Nc1cccc(-c2c(-c3ccccc3)oc3ncnc(N[C@H](COCc4cccc(F)c4)c4ccccc4)c23)c1. The summed E-state index contributed by atoms with van der Waals surface area (Å²) in [6.07, 6.45) is 4.82. The Balaban J connectivity index is 1.38. The maximum absolute atomic E-state index is 13.8. The average Bonchev–Trinajstić information content (AvgIpc) is 3.49. The predicted octanol–water partition coefficient (Wildman–Crippen LogP) is 8.12. The van der Waals surface area contributed by atoms with Crippen molar-refractivity contribution >= 4 is 28.5 Å². The highest BCUT2D eigenvalue weighted by Gasteiger charge is 2.24. The van der Waals surface area contributed by atoms with Crippen LogP contribution in [-0.2, 0) is 16.1 Å². The van der Waals surface area contributed by atoms with Crippen molar-refractivity contribution in [2.45, 2.75) is 12.6 Å². The summed E-state index contributed by atoms with van der Waals surface area (Å²) in [6, 6.07) is 33.5. The summed E-state index contributed by atoms with van der Waals surface area (Å²) in [5.41, 5.74) is 5.26. The van der Waals surface area contributed by atoms with E-state index in [0.29, 0.717) is 34.9 Å². The Morgan fingerprint density at radius 1 is 0.917 bits per heavy atom. The Morgan fingerprint density at radius 2 is 1.67 bits per heavy atom. The summed E-state index contributed by atoms with van der Waals surface area (Å²) in [5.74, 6) is 0.666. The van der Waals surface area contributed by atoms with Crippen LogP contribution in [0.4, 0.5) is 15.9 Å². The van der Waals surface area contributed by atoms with Crippen LogP contribution < -0.4 is 10.6 Å². The first-order valence-electron chi connectivity index (χ1n) is 15.6. The number of hydrogen-bond acceptors (Lipinski definition) is 7. The number of ether oxygens (including phenoxy) is 1. The quantitative estimate of drug-likeness (QED) is 0.123. The molecular formula is C39H36FN5O3. The van der Waals surface area contributed by atoms with Gasteiger partial charge in [-0.1, -0.05) is 91.0 Å². The minimum absolute atomic E-state index is 0.219. The minimum Gasteiger partial charge on any atom is -0.437 e. The zero-order valence-electron chi connectivity index (χ0n) is 26.8. The highest BCUT2D eigenvalue weighted by atomic mass is 19.1. The van der Waals surface area contributed by atoms with Gasteiger partial charge in [0.05, 0.1) is 24.6 Å². The first kappa shape index (κ1) is 32.3. The summed E-state index contributed by atoms with van der Waals surface area (Å²) in [5, 5.41) is 7.26. The summed E-state index contributed by atoms with van der Waals surface area (Å²) in [6.45, 7) is 1.19. The van der Waals surface area contributed by atoms with Crippen molar-refractivity contribution in [2.24, 2.45) is 0 Å². The Bertz CT molecular complexity index is 2010. The van der Waals surface area contributed by atoms with Crippen molar-refractivity contribution in [2.75, 3.05) is 37.9 Å². The van der Waals surface area contributed by atoms with Crippen LogP contribution in [0.5, 0.6) is 0 Å². The number of carbonyl (C=O) groups is 1. The molecule has 0 fully saturated rings. The number of halogens is 1. The molecule has 48 heavy (non-hydrogen) atoms. The molecular weight excluding hydrogens is 605 g/mol. The second-order valence-corrected chi connectivity index (χ2v) is 11.6. The largest absolute Gasteiger partial charge is 0.437 e. The first-order valence-corrected chi connectivity index (χ1v) is 15.6. The summed E-state index contributed by atoms with van der Waals surface area (Å²) >= 11 is 0. The van der Waals surface area contributed by atoms with E-state index in [2.05, 4.69) is 15.6 Å². The lowest BCUT2D eigenvalue weighted by molar-refractivity contribution is -0.111. The number of anilines is 2. The highest BCUT2D eigenvalue weighted by molar-refractivity contribution is 6.07. The molecule has 2 N–H and O–H groups in total. The first-order chi connectivity index (χ1) is 23.4. The van der Waals surface area contributed by atoms with Crippen LogP contribution in [0.25, 0.3) is 33.6 Å². The number of fused-ring (bicyclic) bond motifs is 1. The fourth-order valence-electron chi connectivity index (χ4n) is 5.41. The summed E-state index contributed by atoms with van der Waals surface area (Å²) in [4.78, 5) is 23.9.